The molecule has 9 heteroatoms. The van der Waals surface area contributed by atoms with Crippen molar-refractivity contribution >= 4 is 15.7 Å². The topological polar surface area (TPSA) is 72.2 Å². The Morgan fingerprint density at radius 3 is 2.37 bits per heavy atom. The van der Waals surface area contributed by atoms with Gasteiger partial charge in [0.1, 0.15) is 5.82 Å². The lowest BCUT2D eigenvalue weighted by molar-refractivity contribution is -0.136. The summed E-state index contributed by atoms with van der Waals surface area (Å²) in [5.74, 6) is -0.986. The molecule has 3 N–H and O–H groups in total. The number of hydrogen-bond acceptors (Lipinski definition) is 3. The number of hydrogen-bond donors (Lipinski definition) is 2. The monoisotopic (exact) mass is 300 g/mol. The molecule has 0 saturated carbocycles. The summed E-state index contributed by atoms with van der Waals surface area (Å²) < 4.78 is 71.7. The molecule has 0 spiro atoms. The third-order valence-electron chi connectivity index (χ3n) is 2.21. The molecule has 108 valence electrons. The van der Waals surface area contributed by atoms with Gasteiger partial charge in [-0.3, -0.25) is 0 Å². The van der Waals surface area contributed by atoms with Gasteiger partial charge in [-0.2, -0.15) is 13.2 Å². The molecule has 4 nitrogen and oxygen atoms in total. The summed E-state index contributed by atoms with van der Waals surface area (Å²) in [6.07, 6.45) is -5.51. The predicted octanol–water partition coefficient (Wildman–Crippen LogP) is 2.23. The van der Waals surface area contributed by atoms with Crippen LogP contribution in [0.25, 0.3) is 0 Å². The second kappa shape index (κ2) is 5.33. The van der Waals surface area contributed by atoms with Crippen molar-refractivity contribution in [3.8, 4) is 0 Å². The number of sulfonamides is 1. The Balaban J connectivity index is 2.87. The summed E-state index contributed by atoms with van der Waals surface area (Å²) in [6, 6.07) is 1.65. The van der Waals surface area contributed by atoms with Gasteiger partial charge in [-0.1, -0.05) is 0 Å². The first-order chi connectivity index (χ1) is 8.49. The van der Waals surface area contributed by atoms with Gasteiger partial charge in [-0.05, 0) is 25.1 Å². The van der Waals surface area contributed by atoms with Gasteiger partial charge in [0.2, 0.25) is 10.0 Å². The van der Waals surface area contributed by atoms with Gasteiger partial charge < -0.3 is 5.32 Å². The summed E-state index contributed by atoms with van der Waals surface area (Å²) in [5, 5.41) is 7.11. The lowest BCUT2D eigenvalue weighted by Gasteiger charge is -2.17. The predicted molar refractivity (Wildman–Crippen MR) is 61.5 cm³/mol. The van der Waals surface area contributed by atoms with Crippen molar-refractivity contribution in [2.24, 2.45) is 5.14 Å². The number of halogens is 4. The molecule has 1 unspecified atom stereocenters. The second-order valence-corrected chi connectivity index (χ2v) is 5.61. The maximum atomic E-state index is 13.5. The molecule has 0 fully saturated rings. The molecule has 0 aromatic heterocycles. The summed E-state index contributed by atoms with van der Waals surface area (Å²) in [6.45, 7) is 1.24. The second-order valence-electron chi connectivity index (χ2n) is 4.05. The number of nitrogens with two attached hydrogens (primary N) is 1. The minimum atomic E-state index is -4.37. The van der Waals surface area contributed by atoms with Crippen LogP contribution in [0.3, 0.4) is 0 Å². The zero-order valence-corrected chi connectivity index (χ0v) is 10.6. The van der Waals surface area contributed by atoms with Crippen molar-refractivity contribution in [2.75, 3.05) is 5.32 Å². The van der Waals surface area contributed by atoms with Gasteiger partial charge in [-0.25, -0.2) is 17.9 Å². The van der Waals surface area contributed by atoms with Crippen molar-refractivity contribution in [3.05, 3.63) is 24.0 Å². The first kappa shape index (κ1) is 15.7. The van der Waals surface area contributed by atoms with Crippen LogP contribution in [-0.4, -0.2) is 20.6 Å². The van der Waals surface area contributed by atoms with Crippen LogP contribution in [0.4, 0.5) is 23.2 Å². The van der Waals surface area contributed by atoms with Crippen LogP contribution in [0.2, 0.25) is 0 Å². The van der Waals surface area contributed by atoms with E-state index >= 15 is 0 Å². The first-order valence-corrected chi connectivity index (χ1v) is 6.69. The molecule has 0 aliphatic heterocycles. The van der Waals surface area contributed by atoms with Crippen LogP contribution < -0.4 is 10.5 Å². The highest BCUT2D eigenvalue weighted by atomic mass is 32.2. The molecule has 0 bridgehead atoms. The summed E-state index contributed by atoms with van der Waals surface area (Å²) in [4.78, 5) is -0.445. The smallest absolute Gasteiger partial charge is 0.380 e. The molecular formula is C10H12F4N2O2S. The van der Waals surface area contributed by atoms with Crippen LogP contribution in [0, 0.1) is 5.82 Å². The van der Waals surface area contributed by atoms with Gasteiger partial charge in [0.05, 0.1) is 17.0 Å². The van der Waals surface area contributed by atoms with E-state index in [4.69, 9.17) is 5.14 Å². The van der Waals surface area contributed by atoms with Crippen molar-refractivity contribution in [1.29, 1.82) is 0 Å². The summed E-state index contributed by atoms with van der Waals surface area (Å²) in [5.41, 5.74) is -0.218. The van der Waals surface area contributed by atoms with Crippen molar-refractivity contribution < 1.29 is 26.0 Å². The molecule has 0 radical (unpaired) electrons. The highest BCUT2D eigenvalue weighted by Gasteiger charge is 2.30. The molecule has 1 rings (SSSR count). The standard InChI is InChI=1S/C10H12F4N2O2S/c1-6(5-10(12,13)14)16-9-3-2-7(4-8(9)11)19(15,17)18/h2-4,6,16H,5H2,1H3,(H2,15,17,18). The lowest BCUT2D eigenvalue weighted by atomic mass is 10.2. The fraction of sp³-hybridized carbons (Fsp3) is 0.400. The van der Waals surface area contributed by atoms with E-state index in [0.717, 1.165) is 12.1 Å². The Morgan fingerprint density at radius 2 is 1.95 bits per heavy atom. The molecular weight excluding hydrogens is 288 g/mol. The van der Waals surface area contributed by atoms with Crippen LogP contribution in [0.15, 0.2) is 23.1 Å². The Bertz CT molecular complexity index is 557. The zero-order valence-electron chi connectivity index (χ0n) is 9.83. The van der Waals surface area contributed by atoms with E-state index in [1.54, 1.807) is 0 Å². The van der Waals surface area contributed by atoms with Crippen LogP contribution >= 0.6 is 0 Å². The van der Waals surface area contributed by atoms with Crippen molar-refractivity contribution in [3.63, 3.8) is 0 Å². The van der Waals surface area contributed by atoms with E-state index in [9.17, 15) is 26.0 Å². The Labute approximate surface area is 107 Å². The molecule has 1 aromatic carbocycles. The van der Waals surface area contributed by atoms with Gasteiger partial charge in [0.15, 0.2) is 0 Å². The highest BCUT2D eigenvalue weighted by molar-refractivity contribution is 7.89. The number of nitrogens with one attached hydrogen (secondary N) is 1. The molecule has 0 aliphatic rings. The fourth-order valence-electron chi connectivity index (χ4n) is 1.45. The third-order valence-corrected chi connectivity index (χ3v) is 3.12. The third kappa shape index (κ3) is 5.03. The van der Waals surface area contributed by atoms with Crippen LogP contribution in [-0.2, 0) is 10.0 Å². The van der Waals surface area contributed by atoms with Crippen molar-refractivity contribution in [2.45, 2.75) is 30.5 Å². The van der Waals surface area contributed by atoms with Crippen molar-refractivity contribution in [1.82, 2.24) is 0 Å². The fourth-order valence-corrected chi connectivity index (χ4v) is 1.98. The minimum absolute atomic E-state index is 0.218. The largest absolute Gasteiger partial charge is 0.391 e. The maximum Gasteiger partial charge on any atom is 0.391 e. The molecule has 1 aromatic rings. The molecule has 1 atom stereocenters. The van der Waals surface area contributed by atoms with E-state index < -0.39 is 39.4 Å². The average Bonchev–Trinajstić information content (AvgIpc) is 2.16. The average molecular weight is 300 g/mol. The van der Waals surface area contributed by atoms with Gasteiger partial charge in [0, 0.05) is 6.04 Å². The van der Waals surface area contributed by atoms with E-state index in [1.807, 2.05) is 0 Å². The molecule has 0 aliphatic carbocycles. The van der Waals surface area contributed by atoms with Gasteiger partial charge in [0.25, 0.3) is 0 Å². The van der Waals surface area contributed by atoms with E-state index in [0.29, 0.717) is 6.07 Å². The van der Waals surface area contributed by atoms with E-state index in [1.165, 1.54) is 6.92 Å². The molecule has 19 heavy (non-hydrogen) atoms. The van der Waals surface area contributed by atoms with Crippen LogP contribution in [0.1, 0.15) is 13.3 Å². The Hall–Kier alpha value is -1.35. The first-order valence-electron chi connectivity index (χ1n) is 5.14. The van der Waals surface area contributed by atoms with E-state index in [2.05, 4.69) is 5.32 Å². The quantitative estimate of drug-likeness (QED) is 0.838. The van der Waals surface area contributed by atoms with Gasteiger partial charge >= 0.3 is 6.18 Å². The SMILES string of the molecule is CC(CC(F)(F)F)Nc1ccc(S(N)(=O)=O)cc1F. The van der Waals surface area contributed by atoms with E-state index in [-0.39, 0.29) is 5.69 Å². The molecule has 0 saturated heterocycles. The maximum absolute atomic E-state index is 13.5. The summed E-state index contributed by atoms with van der Waals surface area (Å²) in [7, 11) is -4.05. The van der Waals surface area contributed by atoms with Gasteiger partial charge in [-0.15, -0.1) is 0 Å². The molecule has 0 heterocycles. The van der Waals surface area contributed by atoms with Crippen LogP contribution in [0.5, 0.6) is 0 Å². The summed E-state index contributed by atoms with van der Waals surface area (Å²) >= 11 is 0. The Morgan fingerprint density at radius 1 is 1.37 bits per heavy atom. The Kier molecular flexibility index (Phi) is 4.41. The number of rotatable bonds is 4. The zero-order chi connectivity index (χ0) is 14.8. The minimum Gasteiger partial charge on any atom is -0.380 e. The number of anilines is 1. The number of benzene rings is 1. The normalized spacial score (nSPS) is 14.2. The number of primary sulfonamides is 1. The number of alkyl halides is 3. The molecule has 0 amide bonds. The lowest BCUT2D eigenvalue weighted by Crippen LogP contribution is -2.24. The highest BCUT2D eigenvalue weighted by Crippen LogP contribution is 2.25.